The minimum atomic E-state index is -0.469. The third-order valence-corrected chi connectivity index (χ3v) is 3.62. The highest BCUT2D eigenvalue weighted by atomic mass is 16.2. The van der Waals surface area contributed by atoms with Gasteiger partial charge in [-0.15, -0.1) is 0 Å². The van der Waals surface area contributed by atoms with Crippen molar-refractivity contribution in [3.63, 3.8) is 0 Å². The van der Waals surface area contributed by atoms with E-state index in [-0.39, 0.29) is 17.9 Å². The van der Waals surface area contributed by atoms with Crippen LogP contribution in [0.3, 0.4) is 0 Å². The van der Waals surface area contributed by atoms with Gasteiger partial charge < -0.3 is 10.6 Å². The van der Waals surface area contributed by atoms with Gasteiger partial charge in [-0.05, 0) is 43.9 Å². The van der Waals surface area contributed by atoms with Crippen molar-refractivity contribution in [2.45, 2.75) is 60.4 Å². The summed E-state index contributed by atoms with van der Waals surface area (Å²) in [4.78, 5) is 24.3. The number of hydrogen-bond acceptors (Lipinski definition) is 2. The Morgan fingerprint density at radius 2 is 1.74 bits per heavy atom. The van der Waals surface area contributed by atoms with Crippen LogP contribution < -0.4 is 10.6 Å². The molecule has 2 N–H and O–H groups in total. The van der Waals surface area contributed by atoms with E-state index < -0.39 is 5.41 Å². The first kappa shape index (κ1) is 19.2. The van der Waals surface area contributed by atoms with E-state index in [0.717, 1.165) is 12.8 Å². The maximum absolute atomic E-state index is 12.3. The zero-order valence-corrected chi connectivity index (χ0v) is 15.2. The van der Waals surface area contributed by atoms with Crippen molar-refractivity contribution in [1.82, 2.24) is 5.32 Å². The lowest BCUT2D eigenvalue weighted by Crippen LogP contribution is -2.33. The molecule has 2 amide bonds. The lowest BCUT2D eigenvalue weighted by atomic mass is 9.95. The molecule has 0 aliphatic heterocycles. The third kappa shape index (κ3) is 6.85. The van der Waals surface area contributed by atoms with Crippen LogP contribution in [-0.2, 0) is 4.79 Å². The molecule has 23 heavy (non-hydrogen) atoms. The molecular formula is C19H30N2O2. The molecular weight excluding hydrogens is 288 g/mol. The molecule has 1 aromatic rings. The first-order valence-corrected chi connectivity index (χ1v) is 8.32. The Labute approximate surface area is 140 Å². The smallest absolute Gasteiger partial charge is 0.251 e. The molecule has 0 bridgehead atoms. The molecule has 1 aromatic carbocycles. The number of rotatable bonds is 6. The first-order valence-electron chi connectivity index (χ1n) is 8.32. The van der Waals surface area contributed by atoms with Crippen molar-refractivity contribution in [2.75, 3.05) is 5.32 Å². The number of carbonyl (C=O) groups is 2. The zero-order chi connectivity index (χ0) is 17.6. The van der Waals surface area contributed by atoms with E-state index in [1.807, 2.05) is 27.7 Å². The minimum Gasteiger partial charge on any atom is -0.350 e. The molecule has 4 nitrogen and oxygen atoms in total. The third-order valence-electron chi connectivity index (χ3n) is 3.62. The first-order chi connectivity index (χ1) is 10.6. The van der Waals surface area contributed by atoms with Crippen LogP contribution in [-0.4, -0.2) is 17.9 Å². The highest BCUT2D eigenvalue weighted by Crippen LogP contribution is 2.18. The summed E-state index contributed by atoms with van der Waals surface area (Å²) in [6.45, 7) is 11.9. The van der Waals surface area contributed by atoms with Gasteiger partial charge in [-0.1, -0.05) is 40.7 Å². The van der Waals surface area contributed by atoms with Crippen LogP contribution in [0.5, 0.6) is 0 Å². The van der Waals surface area contributed by atoms with E-state index in [4.69, 9.17) is 0 Å². The van der Waals surface area contributed by atoms with Gasteiger partial charge in [0.1, 0.15) is 0 Å². The molecule has 0 radical (unpaired) electrons. The Morgan fingerprint density at radius 1 is 1.09 bits per heavy atom. The van der Waals surface area contributed by atoms with Gasteiger partial charge in [0.25, 0.3) is 5.91 Å². The van der Waals surface area contributed by atoms with E-state index in [1.54, 1.807) is 24.3 Å². The molecule has 0 aliphatic carbocycles. The maximum Gasteiger partial charge on any atom is 0.251 e. The largest absolute Gasteiger partial charge is 0.350 e. The van der Waals surface area contributed by atoms with Crippen molar-refractivity contribution in [3.05, 3.63) is 29.8 Å². The fourth-order valence-electron chi connectivity index (χ4n) is 2.02. The second-order valence-electron chi connectivity index (χ2n) is 7.63. The molecule has 0 saturated carbocycles. The van der Waals surface area contributed by atoms with Crippen LogP contribution >= 0.6 is 0 Å². The highest BCUT2D eigenvalue weighted by Gasteiger charge is 2.21. The molecule has 0 aliphatic rings. The van der Waals surface area contributed by atoms with Gasteiger partial charge in [0.05, 0.1) is 0 Å². The van der Waals surface area contributed by atoms with Crippen molar-refractivity contribution >= 4 is 17.5 Å². The molecule has 1 unspecified atom stereocenters. The molecule has 1 rings (SSSR count). The number of nitrogens with one attached hydrogen (secondary N) is 2. The molecule has 128 valence electrons. The summed E-state index contributed by atoms with van der Waals surface area (Å²) < 4.78 is 0. The van der Waals surface area contributed by atoms with Gasteiger partial charge in [0, 0.05) is 22.7 Å². The van der Waals surface area contributed by atoms with Crippen LogP contribution in [0.2, 0.25) is 0 Å². The monoisotopic (exact) mass is 318 g/mol. The van der Waals surface area contributed by atoms with Gasteiger partial charge in [0.2, 0.25) is 5.91 Å². The Hall–Kier alpha value is -1.84. The Balaban J connectivity index is 2.68. The summed E-state index contributed by atoms with van der Waals surface area (Å²) in [6.07, 6.45) is 2.05. The summed E-state index contributed by atoms with van der Waals surface area (Å²) in [5, 5.41) is 5.86. The summed E-state index contributed by atoms with van der Waals surface area (Å²) >= 11 is 0. The van der Waals surface area contributed by atoms with Crippen molar-refractivity contribution in [1.29, 1.82) is 0 Å². The quantitative estimate of drug-likeness (QED) is 0.825. The number of benzene rings is 1. The number of anilines is 1. The standard InChI is InChI=1S/C19H30N2O2/c1-13(2)10-11-14(3)20-17(22)15-8-7-9-16(12-15)21-18(23)19(4,5)6/h7-9,12-14H,10-11H2,1-6H3,(H,20,22)(H,21,23). The molecule has 0 aromatic heterocycles. The van der Waals surface area contributed by atoms with Gasteiger partial charge in [0.15, 0.2) is 0 Å². The molecule has 0 fully saturated rings. The molecule has 0 saturated heterocycles. The van der Waals surface area contributed by atoms with Crippen LogP contribution in [0, 0.1) is 11.3 Å². The lowest BCUT2D eigenvalue weighted by molar-refractivity contribution is -0.123. The van der Waals surface area contributed by atoms with E-state index in [9.17, 15) is 9.59 Å². The highest BCUT2D eigenvalue weighted by molar-refractivity contribution is 5.98. The SMILES string of the molecule is CC(C)CCC(C)NC(=O)c1cccc(NC(=O)C(C)(C)C)c1. The fourth-order valence-corrected chi connectivity index (χ4v) is 2.02. The van der Waals surface area contributed by atoms with Crippen LogP contribution in [0.15, 0.2) is 24.3 Å². The van der Waals surface area contributed by atoms with E-state index in [2.05, 4.69) is 24.5 Å². The summed E-state index contributed by atoms with van der Waals surface area (Å²) in [5.74, 6) is 0.457. The van der Waals surface area contributed by atoms with Gasteiger partial charge >= 0.3 is 0 Å². The van der Waals surface area contributed by atoms with Crippen LogP contribution in [0.25, 0.3) is 0 Å². The summed E-state index contributed by atoms with van der Waals surface area (Å²) in [7, 11) is 0. The lowest BCUT2D eigenvalue weighted by Gasteiger charge is -2.18. The van der Waals surface area contributed by atoms with E-state index in [1.165, 1.54) is 0 Å². The second kappa shape index (κ2) is 8.14. The van der Waals surface area contributed by atoms with E-state index >= 15 is 0 Å². The Kier molecular flexibility index (Phi) is 6.79. The average Bonchev–Trinajstić information content (AvgIpc) is 2.44. The average molecular weight is 318 g/mol. The Bertz CT molecular complexity index is 545. The topological polar surface area (TPSA) is 58.2 Å². The van der Waals surface area contributed by atoms with Crippen molar-refractivity contribution < 1.29 is 9.59 Å². The summed E-state index contributed by atoms with van der Waals surface area (Å²) in [5.41, 5.74) is 0.740. The normalized spacial score (nSPS) is 12.8. The van der Waals surface area contributed by atoms with Gasteiger partial charge in [-0.25, -0.2) is 0 Å². The minimum absolute atomic E-state index is 0.0691. The number of carbonyl (C=O) groups excluding carboxylic acids is 2. The number of hydrogen-bond donors (Lipinski definition) is 2. The van der Waals surface area contributed by atoms with Crippen molar-refractivity contribution in [3.8, 4) is 0 Å². The summed E-state index contributed by atoms with van der Waals surface area (Å²) in [6, 6.07) is 7.19. The van der Waals surface area contributed by atoms with Gasteiger partial charge in [-0.3, -0.25) is 9.59 Å². The predicted molar refractivity (Wildman–Crippen MR) is 95.5 cm³/mol. The number of amides is 2. The Morgan fingerprint density at radius 3 is 2.30 bits per heavy atom. The molecule has 1 atom stereocenters. The van der Waals surface area contributed by atoms with Crippen LogP contribution in [0.1, 0.15) is 64.7 Å². The predicted octanol–water partition coefficient (Wildman–Crippen LogP) is 4.23. The van der Waals surface area contributed by atoms with Crippen molar-refractivity contribution in [2.24, 2.45) is 11.3 Å². The fraction of sp³-hybridized carbons (Fsp3) is 0.579. The second-order valence-corrected chi connectivity index (χ2v) is 7.63. The van der Waals surface area contributed by atoms with Gasteiger partial charge in [-0.2, -0.15) is 0 Å². The van der Waals surface area contributed by atoms with Crippen LogP contribution in [0.4, 0.5) is 5.69 Å². The molecule has 4 heteroatoms. The van der Waals surface area contributed by atoms with E-state index in [0.29, 0.717) is 17.2 Å². The molecule has 0 spiro atoms. The maximum atomic E-state index is 12.3. The molecule has 0 heterocycles. The zero-order valence-electron chi connectivity index (χ0n) is 15.2.